The van der Waals surface area contributed by atoms with Crippen LogP contribution >= 0.6 is 0 Å². The van der Waals surface area contributed by atoms with Crippen LogP contribution in [-0.2, 0) is 0 Å². The van der Waals surface area contributed by atoms with Crippen molar-refractivity contribution in [3.05, 3.63) is 77.9 Å². The second-order valence-corrected chi connectivity index (χ2v) is 7.29. The zero-order valence-corrected chi connectivity index (χ0v) is 17.0. The van der Waals surface area contributed by atoms with E-state index in [2.05, 4.69) is 62.9 Å². The standard InChI is InChI=1S/C26H34O/c1-4-6-8-9-10-11-20-26(27)25-18-13-12-17-24(25)23-19-14-15-21(3)22(23)16-7-5-2/h5,7,12-19,26-27H,2,4,6,8-11,20H2,1,3H3/b16-7-. The number of hydrogen-bond acceptors (Lipinski definition) is 1. The molecule has 1 unspecified atom stereocenters. The smallest absolute Gasteiger partial charge is 0.0796 e. The summed E-state index contributed by atoms with van der Waals surface area (Å²) in [5, 5.41) is 10.9. The summed E-state index contributed by atoms with van der Waals surface area (Å²) in [6, 6.07) is 14.6. The van der Waals surface area contributed by atoms with Crippen LogP contribution in [0, 0.1) is 6.92 Å². The quantitative estimate of drug-likeness (QED) is 0.321. The van der Waals surface area contributed by atoms with Gasteiger partial charge in [0.25, 0.3) is 0 Å². The van der Waals surface area contributed by atoms with Crippen molar-refractivity contribution in [1.82, 2.24) is 0 Å². The fourth-order valence-corrected chi connectivity index (χ4v) is 3.61. The lowest BCUT2D eigenvalue weighted by atomic mass is 9.89. The molecule has 0 saturated carbocycles. The van der Waals surface area contributed by atoms with Crippen LogP contribution in [0.1, 0.15) is 74.7 Å². The number of aliphatic hydroxyl groups excluding tert-OH is 1. The summed E-state index contributed by atoms with van der Waals surface area (Å²) in [4.78, 5) is 0. The van der Waals surface area contributed by atoms with Crippen LogP contribution in [0.25, 0.3) is 17.2 Å². The fourth-order valence-electron chi connectivity index (χ4n) is 3.61. The van der Waals surface area contributed by atoms with E-state index in [9.17, 15) is 5.11 Å². The van der Waals surface area contributed by atoms with E-state index in [1.165, 1.54) is 48.8 Å². The van der Waals surface area contributed by atoms with Crippen molar-refractivity contribution in [2.45, 2.75) is 64.9 Å². The number of hydrogen-bond donors (Lipinski definition) is 1. The molecule has 1 heteroatoms. The molecule has 1 nitrogen and oxygen atoms in total. The Morgan fingerprint density at radius 2 is 1.63 bits per heavy atom. The predicted octanol–water partition coefficient (Wildman–Crippen LogP) is 7.65. The molecule has 0 saturated heterocycles. The van der Waals surface area contributed by atoms with E-state index >= 15 is 0 Å². The Morgan fingerprint density at radius 3 is 2.41 bits per heavy atom. The maximum atomic E-state index is 10.9. The third-order valence-electron chi connectivity index (χ3n) is 5.16. The largest absolute Gasteiger partial charge is 0.388 e. The van der Waals surface area contributed by atoms with Gasteiger partial charge in [-0.3, -0.25) is 0 Å². The van der Waals surface area contributed by atoms with Gasteiger partial charge in [-0.25, -0.2) is 0 Å². The molecule has 0 bridgehead atoms. The van der Waals surface area contributed by atoms with Gasteiger partial charge in [0.1, 0.15) is 0 Å². The van der Waals surface area contributed by atoms with Crippen molar-refractivity contribution < 1.29 is 5.11 Å². The zero-order valence-electron chi connectivity index (χ0n) is 17.0. The minimum absolute atomic E-state index is 0.413. The average Bonchev–Trinajstić information content (AvgIpc) is 2.69. The Balaban J connectivity index is 2.20. The third-order valence-corrected chi connectivity index (χ3v) is 5.16. The summed E-state index contributed by atoms with van der Waals surface area (Å²) in [6.07, 6.45) is 13.8. The minimum atomic E-state index is -0.413. The number of aryl methyl sites for hydroxylation is 1. The Hall–Kier alpha value is -2.12. The van der Waals surface area contributed by atoms with E-state index in [0.29, 0.717) is 0 Å². The average molecular weight is 363 g/mol. The first-order valence-electron chi connectivity index (χ1n) is 10.3. The fraction of sp³-hybridized carbons (Fsp3) is 0.385. The summed E-state index contributed by atoms with van der Waals surface area (Å²) < 4.78 is 0. The highest BCUT2D eigenvalue weighted by atomic mass is 16.3. The lowest BCUT2D eigenvalue weighted by Crippen LogP contribution is -2.01. The third kappa shape index (κ3) is 6.22. The lowest BCUT2D eigenvalue weighted by molar-refractivity contribution is 0.164. The molecular formula is C26H34O. The summed E-state index contributed by atoms with van der Waals surface area (Å²) in [6.45, 7) is 8.15. The Kier molecular flexibility index (Phi) is 9.07. The van der Waals surface area contributed by atoms with Crippen LogP contribution < -0.4 is 0 Å². The lowest BCUT2D eigenvalue weighted by Gasteiger charge is -2.18. The van der Waals surface area contributed by atoms with Crippen molar-refractivity contribution in [2.75, 3.05) is 0 Å². The maximum Gasteiger partial charge on any atom is 0.0796 e. The van der Waals surface area contributed by atoms with E-state index in [1.54, 1.807) is 6.08 Å². The first-order chi connectivity index (χ1) is 13.2. The molecule has 0 spiro atoms. The van der Waals surface area contributed by atoms with Gasteiger partial charge in [-0.2, -0.15) is 0 Å². The van der Waals surface area contributed by atoms with Crippen molar-refractivity contribution in [3.8, 4) is 11.1 Å². The molecule has 0 aliphatic heterocycles. The molecule has 0 fully saturated rings. The molecule has 0 aliphatic rings. The highest BCUT2D eigenvalue weighted by Gasteiger charge is 2.15. The van der Waals surface area contributed by atoms with Crippen molar-refractivity contribution in [3.63, 3.8) is 0 Å². The van der Waals surface area contributed by atoms with Gasteiger partial charge in [0.2, 0.25) is 0 Å². The molecule has 27 heavy (non-hydrogen) atoms. The summed E-state index contributed by atoms with van der Waals surface area (Å²) in [7, 11) is 0. The zero-order chi connectivity index (χ0) is 19.5. The van der Waals surface area contributed by atoms with E-state index in [-0.39, 0.29) is 0 Å². The van der Waals surface area contributed by atoms with Crippen molar-refractivity contribution in [1.29, 1.82) is 0 Å². The van der Waals surface area contributed by atoms with E-state index in [4.69, 9.17) is 0 Å². The molecule has 2 rings (SSSR count). The first kappa shape index (κ1) is 21.2. The summed E-state index contributed by atoms with van der Waals surface area (Å²) in [5.74, 6) is 0. The van der Waals surface area contributed by atoms with E-state index in [1.807, 2.05) is 12.1 Å². The topological polar surface area (TPSA) is 20.2 Å². The van der Waals surface area contributed by atoms with Gasteiger partial charge in [0.15, 0.2) is 0 Å². The molecule has 144 valence electrons. The molecular weight excluding hydrogens is 328 g/mol. The molecule has 1 atom stereocenters. The highest BCUT2D eigenvalue weighted by molar-refractivity contribution is 5.79. The van der Waals surface area contributed by atoms with Gasteiger partial charge in [-0.15, -0.1) is 0 Å². The number of aliphatic hydroxyl groups is 1. The van der Waals surface area contributed by atoms with Gasteiger partial charge in [0, 0.05) is 0 Å². The summed E-state index contributed by atoms with van der Waals surface area (Å²) >= 11 is 0. The minimum Gasteiger partial charge on any atom is -0.388 e. The van der Waals surface area contributed by atoms with Crippen molar-refractivity contribution in [2.24, 2.45) is 0 Å². The van der Waals surface area contributed by atoms with E-state index < -0.39 is 6.10 Å². The molecule has 2 aromatic carbocycles. The second kappa shape index (κ2) is 11.6. The molecule has 2 aromatic rings. The molecule has 1 N–H and O–H groups in total. The SMILES string of the molecule is C=C/C=C\c1c(C)cccc1-c1ccccc1C(O)CCCCCCCC. The number of allylic oxidation sites excluding steroid dienone is 2. The highest BCUT2D eigenvalue weighted by Crippen LogP contribution is 2.34. The Labute approximate surface area is 165 Å². The second-order valence-electron chi connectivity index (χ2n) is 7.29. The first-order valence-corrected chi connectivity index (χ1v) is 10.3. The number of unbranched alkanes of at least 4 members (excludes halogenated alkanes) is 5. The van der Waals surface area contributed by atoms with Crippen LogP contribution in [0.3, 0.4) is 0 Å². The van der Waals surface area contributed by atoms with Gasteiger partial charge < -0.3 is 5.11 Å². The van der Waals surface area contributed by atoms with Crippen LogP contribution in [0.4, 0.5) is 0 Å². The molecule has 0 radical (unpaired) electrons. The van der Waals surface area contributed by atoms with Crippen LogP contribution in [0.5, 0.6) is 0 Å². The van der Waals surface area contributed by atoms with Crippen LogP contribution in [-0.4, -0.2) is 5.11 Å². The summed E-state index contributed by atoms with van der Waals surface area (Å²) in [5.41, 5.74) is 5.75. The molecule has 0 heterocycles. The van der Waals surface area contributed by atoms with Gasteiger partial charge in [-0.05, 0) is 41.2 Å². The maximum absolute atomic E-state index is 10.9. The number of benzene rings is 2. The van der Waals surface area contributed by atoms with Crippen molar-refractivity contribution >= 4 is 6.08 Å². The van der Waals surface area contributed by atoms with Crippen LogP contribution in [0.2, 0.25) is 0 Å². The number of rotatable bonds is 11. The van der Waals surface area contributed by atoms with Gasteiger partial charge in [-0.1, -0.05) is 113 Å². The Morgan fingerprint density at radius 1 is 0.926 bits per heavy atom. The molecule has 0 aromatic heterocycles. The molecule has 0 aliphatic carbocycles. The molecule has 0 amide bonds. The van der Waals surface area contributed by atoms with Crippen LogP contribution in [0.15, 0.2) is 61.2 Å². The van der Waals surface area contributed by atoms with Gasteiger partial charge >= 0.3 is 0 Å². The van der Waals surface area contributed by atoms with Gasteiger partial charge in [0.05, 0.1) is 6.10 Å². The normalized spacial score (nSPS) is 12.4. The Bertz CT molecular complexity index is 742. The predicted molar refractivity (Wildman–Crippen MR) is 119 cm³/mol. The monoisotopic (exact) mass is 362 g/mol. The van der Waals surface area contributed by atoms with E-state index in [0.717, 1.165) is 24.0 Å².